The highest BCUT2D eigenvalue weighted by Crippen LogP contribution is 2.73. The quantitative estimate of drug-likeness (QED) is 0.465. The van der Waals surface area contributed by atoms with E-state index in [2.05, 4.69) is 12.4 Å². The first-order valence-electron chi connectivity index (χ1n) is 9.74. The number of nitrogens with zero attached hydrogens (tertiary/aromatic N) is 1. The molecule has 1 spiro atoms. The van der Waals surface area contributed by atoms with E-state index in [0.29, 0.717) is 23.9 Å². The molecule has 1 aromatic rings. The van der Waals surface area contributed by atoms with Crippen molar-refractivity contribution in [1.29, 1.82) is 0 Å². The van der Waals surface area contributed by atoms with Crippen LogP contribution in [0.5, 0.6) is 0 Å². The van der Waals surface area contributed by atoms with Gasteiger partial charge in [0, 0.05) is 18.0 Å². The Balaban J connectivity index is 1.97. The molecule has 6 nitrogen and oxygen atoms in total. The minimum absolute atomic E-state index is 0.350. The number of hydrogen-bond acceptors (Lipinski definition) is 4. The summed E-state index contributed by atoms with van der Waals surface area (Å²) in [6.07, 6.45) is 2.29. The Morgan fingerprint density at radius 3 is 2.81 bits per heavy atom. The van der Waals surface area contributed by atoms with E-state index >= 15 is 0 Å². The van der Waals surface area contributed by atoms with Gasteiger partial charge in [-0.2, -0.15) is 0 Å². The van der Waals surface area contributed by atoms with Gasteiger partial charge in [-0.25, -0.2) is 0 Å². The van der Waals surface area contributed by atoms with E-state index < -0.39 is 35.2 Å². The number of carboxylic acid groups (broad SMARTS) is 1. The number of benzene rings is 1. The summed E-state index contributed by atoms with van der Waals surface area (Å²) in [5.41, 5.74) is -0.204. The fourth-order valence-corrected chi connectivity index (χ4v) is 7.54. The lowest BCUT2D eigenvalue weighted by Gasteiger charge is -2.58. The molecule has 4 aliphatic heterocycles. The van der Waals surface area contributed by atoms with E-state index in [-0.39, 0.29) is 5.92 Å². The Labute approximate surface area is 158 Å². The lowest BCUT2D eigenvalue weighted by atomic mass is 9.45. The maximum absolute atomic E-state index is 13.0. The van der Waals surface area contributed by atoms with Gasteiger partial charge in [-0.15, -0.1) is 0 Å². The van der Waals surface area contributed by atoms with Crippen LogP contribution in [0, 0.1) is 11.3 Å². The van der Waals surface area contributed by atoms with Crippen molar-refractivity contribution in [2.45, 2.75) is 36.9 Å². The number of likely N-dealkylation sites (N-methyl/N-ethyl adjacent to an activating group) is 1. The van der Waals surface area contributed by atoms with E-state index in [9.17, 15) is 20.1 Å². The highest BCUT2D eigenvalue weighted by molar-refractivity contribution is 5.84. The topological polar surface area (TPSA) is 89.8 Å². The number of quaternary nitrogens is 1. The van der Waals surface area contributed by atoms with Gasteiger partial charge >= 0.3 is 5.97 Å². The molecule has 6 rings (SSSR count). The molecule has 0 aromatic heterocycles. The molecule has 6 atom stereocenters. The zero-order valence-electron chi connectivity index (χ0n) is 15.8. The molecule has 4 fully saturated rings. The molecule has 4 N–H and O–H groups in total. The molecule has 3 saturated heterocycles. The third kappa shape index (κ3) is 1.45. The van der Waals surface area contributed by atoms with Crippen LogP contribution in [0.15, 0.2) is 35.9 Å². The maximum atomic E-state index is 13.0. The second-order valence-corrected chi connectivity index (χ2v) is 8.97. The Hall–Kier alpha value is -1.89. The molecule has 1 aromatic carbocycles. The predicted molar refractivity (Wildman–Crippen MR) is 100 cm³/mol. The van der Waals surface area contributed by atoms with E-state index in [1.54, 1.807) is 0 Å². The number of carbonyl (C=O) groups is 1. The van der Waals surface area contributed by atoms with Crippen molar-refractivity contribution in [2.24, 2.45) is 11.3 Å². The number of anilines is 1. The van der Waals surface area contributed by atoms with Crippen molar-refractivity contribution in [3.8, 4) is 0 Å². The fraction of sp³-hybridized carbons (Fsp3) is 0.571. The van der Waals surface area contributed by atoms with Gasteiger partial charge in [0.1, 0.15) is 18.1 Å². The molecule has 1 saturated carbocycles. The average Bonchev–Trinajstić information content (AvgIpc) is 3.06. The lowest BCUT2D eigenvalue weighted by Crippen LogP contribution is -2.78. The minimum Gasteiger partial charge on any atom is -0.481 e. The van der Waals surface area contributed by atoms with E-state index in [0.717, 1.165) is 23.4 Å². The van der Waals surface area contributed by atoms with Crippen LogP contribution in [0.4, 0.5) is 5.69 Å². The van der Waals surface area contributed by atoms with Crippen molar-refractivity contribution in [1.82, 2.24) is 0 Å². The summed E-state index contributed by atoms with van der Waals surface area (Å²) >= 11 is 0. The number of carboxylic acids is 1. The molecule has 5 aliphatic rings. The molecule has 144 valence electrons. The number of aliphatic hydroxyl groups excluding tert-OH is 2. The summed E-state index contributed by atoms with van der Waals surface area (Å²) in [4.78, 5) is 13.0. The Morgan fingerprint density at radius 2 is 2.15 bits per heavy atom. The van der Waals surface area contributed by atoms with Crippen LogP contribution < -0.4 is 5.32 Å². The normalized spacial score (nSPS) is 48.1. The largest absolute Gasteiger partial charge is 0.481 e. The van der Waals surface area contributed by atoms with E-state index in [4.69, 9.17) is 0 Å². The van der Waals surface area contributed by atoms with Crippen LogP contribution in [-0.4, -0.2) is 64.3 Å². The Bertz CT molecular complexity index is 885. The standard InChI is InChI=1S/C21H26N2O4/c1-3-13-11-23(2)9-8-20-14-6-4-5-7-16(14)22-21(20,23)17(25)10-15(13)19(20,12-24)18(26)27/h3-7,15,17,22,24-25H,8-12H2,1-2H3/p+1/b13-3-/t15-,17+,19+,20-,21?,23?/m0/s1. The van der Waals surface area contributed by atoms with Crippen molar-refractivity contribution >= 4 is 11.7 Å². The Morgan fingerprint density at radius 1 is 1.41 bits per heavy atom. The van der Waals surface area contributed by atoms with Gasteiger partial charge < -0.3 is 20.6 Å². The summed E-state index contributed by atoms with van der Waals surface area (Å²) in [5, 5.41) is 36.4. The highest BCUT2D eigenvalue weighted by Gasteiger charge is 2.87. The first-order valence-corrected chi connectivity index (χ1v) is 9.74. The number of allylic oxidation sites excluding steroid dienone is 1. The van der Waals surface area contributed by atoms with Crippen LogP contribution in [0.25, 0.3) is 0 Å². The van der Waals surface area contributed by atoms with Crippen molar-refractivity contribution in [2.75, 3.05) is 32.1 Å². The first kappa shape index (κ1) is 17.2. The van der Waals surface area contributed by atoms with Crippen LogP contribution in [-0.2, 0) is 10.2 Å². The van der Waals surface area contributed by atoms with Crippen molar-refractivity contribution < 1.29 is 24.6 Å². The lowest BCUT2D eigenvalue weighted by molar-refractivity contribution is -0.944. The van der Waals surface area contributed by atoms with Crippen molar-refractivity contribution in [3.05, 3.63) is 41.5 Å². The first-order chi connectivity index (χ1) is 12.8. The molecule has 0 amide bonds. The fourth-order valence-electron chi connectivity index (χ4n) is 7.54. The van der Waals surface area contributed by atoms with Crippen LogP contribution in [0.3, 0.4) is 0 Å². The number of para-hydroxylation sites is 1. The maximum Gasteiger partial charge on any atom is 0.313 e. The zero-order chi connectivity index (χ0) is 19.2. The summed E-state index contributed by atoms with van der Waals surface area (Å²) in [6, 6.07) is 7.83. The van der Waals surface area contributed by atoms with Gasteiger partial charge in [0.2, 0.25) is 5.66 Å². The van der Waals surface area contributed by atoms with Gasteiger partial charge in [-0.3, -0.25) is 9.28 Å². The molecule has 1 aliphatic carbocycles. The summed E-state index contributed by atoms with van der Waals surface area (Å²) in [5.74, 6) is -1.35. The van der Waals surface area contributed by atoms with Crippen molar-refractivity contribution in [3.63, 3.8) is 0 Å². The SMILES string of the molecule is C/C=C1/C[N+]2(C)CC[C@@]34c5ccccc5NC32[C@H](O)C[C@@H]1[C@]4(CO)C(=O)O. The number of hydrogen-bond donors (Lipinski definition) is 4. The smallest absolute Gasteiger partial charge is 0.313 e. The van der Waals surface area contributed by atoms with Gasteiger partial charge in [0.25, 0.3) is 0 Å². The third-order valence-electron chi connectivity index (χ3n) is 8.47. The zero-order valence-corrected chi connectivity index (χ0v) is 15.8. The summed E-state index contributed by atoms with van der Waals surface area (Å²) in [7, 11) is 2.13. The number of aliphatic carboxylic acids is 1. The number of nitrogens with one attached hydrogen (secondary N) is 1. The molecule has 4 bridgehead atoms. The second-order valence-electron chi connectivity index (χ2n) is 8.97. The van der Waals surface area contributed by atoms with E-state index in [1.807, 2.05) is 37.3 Å². The minimum atomic E-state index is -1.36. The molecule has 27 heavy (non-hydrogen) atoms. The monoisotopic (exact) mass is 371 g/mol. The molecule has 4 heterocycles. The number of fused-ring (bicyclic) bond motifs is 3. The number of aliphatic hydroxyl groups is 2. The third-order valence-corrected chi connectivity index (χ3v) is 8.47. The predicted octanol–water partition coefficient (Wildman–Crippen LogP) is 1.30. The van der Waals surface area contributed by atoms with Gasteiger partial charge in [-0.1, -0.05) is 24.3 Å². The summed E-state index contributed by atoms with van der Waals surface area (Å²) < 4.78 is 0.550. The van der Waals surface area contributed by atoms with Gasteiger partial charge in [0.15, 0.2) is 0 Å². The summed E-state index contributed by atoms with van der Waals surface area (Å²) in [6.45, 7) is 2.96. The molecular weight excluding hydrogens is 344 g/mol. The Kier molecular flexibility index (Phi) is 3.14. The molecule has 6 heteroatoms. The highest BCUT2D eigenvalue weighted by atomic mass is 16.4. The van der Waals surface area contributed by atoms with Crippen LogP contribution in [0.1, 0.15) is 25.3 Å². The van der Waals surface area contributed by atoms with Crippen LogP contribution in [0.2, 0.25) is 0 Å². The number of rotatable bonds is 2. The van der Waals surface area contributed by atoms with E-state index in [1.165, 1.54) is 0 Å². The van der Waals surface area contributed by atoms with Gasteiger partial charge in [0.05, 0.1) is 25.6 Å². The average molecular weight is 371 g/mol. The second kappa shape index (κ2) is 4.93. The molecular formula is C21H27N2O4+. The molecule has 2 unspecified atom stereocenters. The van der Waals surface area contributed by atoms with Crippen LogP contribution >= 0.6 is 0 Å². The van der Waals surface area contributed by atoms with Gasteiger partial charge in [-0.05, 0) is 30.5 Å². The molecule has 0 radical (unpaired) electrons.